The van der Waals surface area contributed by atoms with Crippen LogP contribution in [0.15, 0.2) is 18.2 Å². The van der Waals surface area contributed by atoms with Crippen molar-refractivity contribution >= 4 is 72.9 Å². The van der Waals surface area contributed by atoms with Gasteiger partial charge in [0.1, 0.15) is 39.4 Å². The number of thiophene rings is 1. The Morgan fingerprint density at radius 2 is 1.63 bits per heavy atom. The SMILES string of the molecule is COC(=O)CCCOCCCN1CCCC1.COc1nc(N2CC3CCC(C2)N3C(=O)OC(C)(C)C)c2cc(Cl)c(-c3ccc(F)c4sc(NC(=O)OC(C)(C)C)c(C#N)c34)c(F)c2n1. The number of benzene rings is 2. The standard InChI is InChI=1S/C34H35ClF2N6O5S.C12H23NO3/c1-33(2,3)47-31(44)41-29-20(13-38)23-18(10-11-22(36)27(23)49-29)24-21(35)12-19-26(25(24)37)39-30(46-7)40-28(19)42-14-16-8-9-17(15-42)43(16)32(45)48-34(4,5)6;1-15-12(14)6-4-10-16-11-5-9-13-7-2-3-8-13/h10-12,16-17H,8-9,14-15H2,1-7H3,(H,41,44);2-11H2,1H3. The maximum absolute atomic E-state index is 16.9. The number of aromatic nitrogens is 2. The summed E-state index contributed by atoms with van der Waals surface area (Å²) in [5, 5.41) is 13.1. The number of amides is 2. The highest BCUT2D eigenvalue weighted by atomic mass is 35.5. The molecule has 1 N–H and O–H groups in total. The highest BCUT2D eigenvalue weighted by molar-refractivity contribution is 7.23. The van der Waals surface area contributed by atoms with Crippen molar-refractivity contribution in [3.05, 3.63) is 40.4 Å². The lowest BCUT2D eigenvalue weighted by atomic mass is 9.97. The first kappa shape index (κ1) is 49.3. The molecule has 0 aliphatic carbocycles. The fourth-order valence-electron chi connectivity index (χ4n) is 8.32. The van der Waals surface area contributed by atoms with Gasteiger partial charge in [-0.3, -0.25) is 15.0 Å². The molecule has 3 saturated heterocycles. The van der Waals surface area contributed by atoms with Gasteiger partial charge in [0.15, 0.2) is 5.82 Å². The van der Waals surface area contributed by atoms with Gasteiger partial charge in [-0.2, -0.15) is 15.2 Å². The molecule has 2 amide bonds. The second kappa shape index (κ2) is 21.0. The van der Waals surface area contributed by atoms with Crippen LogP contribution in [0.4, 0.5) is 29.2 Å². The predicted molar refractivity (Wildman–Crippen MR) is 246 cm³/mol. The molecule has 2 bridgehead atoms. The largest absolute Gasteiger partial charge is 0.469 e. The molecule has 65 heavy (non-hydrogen) atoms. The van der Waals surface area contributed by atoms with Crippen molar-refractivity contribution < 1.29 is 46.8 Å². The van der Waals surface area contributed by atoms with Gasteiger partial charge >= 0.3 is 24.2 Å². The van der Waals surface area contributed by atoms with E-state index in [0.717, 1.165) is 56.2 Å². The van der Waals surface area contributed by atoms with E-state index in [9.17, 15) is 19.6 Å². The van der Waals surface area contributed by atoms with Crippen molar-refractivity contribution in [3.63, 3.8) is 0 Å². The molecule has 7 rings (SSSR count). The molecule has 2 unspecified atom stereocenters. The monoisotopic (exact) mass is 941 g/mol. The molecular weight excluding hydrogens is 884 g/mol. The first-order valence-electron chi connectivity index (χ1n) is 21.8. The van der Waals surface area contributed by atoms with E-state index >= 15 is 8.78 Å². The Bertz CT molecular complexity index is 2420. The van der Waals surface area contributed by atoms with Crippen LogP contribution in [-0.2, 0) is 23.7 Å². The fraction of sp³-hybridized carbons (Fsp3) is 0.565. The fourth-order valence-corrected chi connectivity index (χ4v) is 9.68. The van der Waals surface area contributed by atoms with Crippen LogP contribution in [0.2, 0.25) is 5.02 Å². The second-order valence-corrected chi connectivity index (χ2v) is 19.6. The molecule has 0 spiro atoms. The Morgan fingerprint density at radius 3 is 2.25 bits per heavy atom. The van der Waals surface area contributed by atoms with E-state index in [1.165, 1.54) is 46.2 Å². The van der Waals surface area contributed by atoms with Crippen molar-refractivity contribution in [3.8, 4) is 23.2 Å². The third kappa shape index (κ3) is 12.0. The highest BCUT2D eigenvalue weighted by Crippen LogP contribution is 2.47. The number of nitrogens with zero attached hydrogens (tertiary/aromatic N) is 6. The predicted octanol–water partition coefficient (Wildman–Crippen LogP) is 9.70. The van der Waals surface area contributed by atoms with E-state index in [0.29, 0.717) is 37.3 Å². The number of methoxy groups -OCH3 is 2. The van der Waals surface area contributed by atoms with Gasteiger partial charge in [-0.1, -0.05) is 17.7 Å². The summed E-state index contributed by atoms with van der Waals surface area (Å²) < 4.78 is 58.5. The molecule has 2 atom stereocenters. The van der Waals surface area contributed by atoms with E-state index in [-0.39, 0.29) is 72.5 Å². The van der Waals surface area contributed by atoms with Crippen LogP contribution in [0, 0.1) is 23.0 Å². The van der Waals surface area contributed by atoms with Crippen LogP contribution in [-0.4, -0.2) is 121 Å². The number of fused-ring (bicyclic) bond motifs is 4. The molecule has 3 aliphatic rings. The van der Waals surface area contributed by atoms with Gasteiger partial charge < -0.3 is 33.5 Å². The molecule has 15 nitrogen and oxygen atoms in total. The van der Waals surface area contributed by atoms with Crippen LogP contribution in [0.5, 0.6) is 6.01 Å². The number of piperazine rings is 1. The number of anilines is 2. The summed E-state index contributed by atoms with van der Waals surface area (Å²) in [6.45, 7) is 16.5. The average molecular weight is 943 g/mol. The molecule has 5 heterocycles. The summed E-state index contributed by atoms with van der Waals surface area (Å²) in [5.74, 6) is -1.26. The third-order valence-corrected chi connectivity index (χ3v) is 12.5. The molecule has 2 aromatic heterocycles. The summed E-state index contributed by atoms with van der Waals surface area (Å²) >= 11 is 7.67. The molecule has 0 radical (unpaired) electrons. The summed E-state index contributed by atoms with van der Waals surface area (Å²) in [5.41, 5.74) is -1.61. The Balaban J connectivity index is 0.000000370. The number of ether oxygens (including phenoxy) is 5. The van der Waals surface area contributed by atoms with E-state index < -0.39 is 28.9 Å². The lowest BCUT2D eigenvalue weighted by molar-refractivity contribution is -0.141. The van der Waals surface area contributed by atoms with Gasteiger partial charge in [-0.15, -0.1) is 11.3 Å². The number of hydrogen-bond acceptors (Lipinski definition) is 14. The number of halogens is 3. The van der Waals surface area contributed by atoms with E-state index in [4.69, 9.17) is 30.5 Å². The number of hydrogen-bond donors (Lipinski definition) is 1. The minimum absolute atomic E-state index is 0.0231. The maximum atomic E-state index is 16.9. The Kier molecular flexibility index (Phi) is 16.0. The van der Waals surface area contributed by atoms with Crippen LogP contribution in [0.25, 0.3) is 32.1 Å². The van der Waals surface area contributed by atoms with Crippen molar-refractivity contribution in [2.24, 2.45) is 0 Å². The van der Waals surface area contributed by atoms with Gasteiger partial charge in [0, 0.05) is 55.6 Å². The van der Waals surface area contributed by atoms with E-state index in [1.807, 2.05) is 31.7 Å². The van der Waals surface area contributed by atoms with Crippen LogP contribution >= 0.6 is 22.9 Å². The van der Waals surface area contributed by atoms with Crippen molar-refractivity contribution in [1.82, 2.24) is 19.8 Å². The van der Waals surface area contributed by atoms with E-state index in [2.05, 4.69) is 24.9 Å². The number of rotatable bonds is 12. The van der Waals surface area contributed by atoms with Crippen molar-refractivity contribution in [1.29, 1.82) is 5.26 Å². The molecule has 0 saturated carbocycles. The normalized spacial score (nSPS) is 17.4. The number of likely N-dealkylation sites (tertiary alicyclic amines) is 1. The zero-order chi connectivity index (χ0) is 47.2. The molecule has 2 aromatic carbocycles. The van der Waals surface area contributed by atoms with Gasteiger partial charge in [0.05, 0.1) is 41.6 Å². The average Bonchev–Trinajstić information content (AvgIpc) is 3.96. The number of nitriles is 1. The summed E-state index contributed by atoms with van der Waals surface area (Å²) in [6.07, 6.45) is 5.35. The maximum Gasteiger partial charge on any atom is 0.412 e. The van der Waals surface area contributed by atoms with Crippen molar-refractivity contribution in [2.45, 2.75) is 110 Å². The first-order valence-corrected chi connectivity index (χ1v) is 23.0. The number of nitrogens with one attached hydrogen (secondary N) is 1. The Hall–Kier alpha value is -5.09. The van der Waals surface area contributed by atoms with Crippen LogP contribution in [0.3, 0.4) is 0 Å². The number of carbonyl (C=O) groups excluding carboxylic acids is 3. The van der Waals surface area contributed by atoms with E-state index in [1.54, 1.807) is 31.7 Å². The van der Waals surface area contributed by atoms with Gasteiger partial charge in [-0.05, 0) is 111 Å². The molecular formula is C46H58ClF2N7O8S. The Morgan fingerprint density at radius 1 is 0.969 bits per heavy atom. The lowest BCUT2D eigenvalue weighted by Crippen LogP contribution is -2.57. The lowest BCUT2D eigenvalue weighted by Gasteiger charge is -2.42. The van der Waals surface area contributed by atoms with Crippen LogP contribution in [0.1, 0.15) is 92.1 Å². The smallest absolute Gasteiger partial charge is 0.412 e. The minimum atomic E-state index is -0.830. The van der Waals surface area contributed by atoms with Gasteiger partial charge in [-0.25, -0.2) is 18.4 Å². The molecule has 352 valence electrons. The number of carbonyl (C=O) groups is 3. The van der Waals surface area contributed by atoms with Gasteiger partial charge in [0.25, 0.3) is 0 Å². The summed E-state index contributed by atoms with van der Waals surface area (Å²) in [7, 11) is 2.79. The molecule has 3 aliphatic heterocycles. The molecule has 19 heteroatoms. The van der Waals surface area contributed by atoms with Crippen molar-refractivity contribution in [2.75, 3.05) is 70.4 Å². The second-order valence-electron chi connectivity index (χ2n) is 18.2. The minimum Gasteiger partial charge on any atom is -0.469 e. The number of esters is 1. The topological polar surface area (TPSA) is 169 Å². The van der Waals surface area contributed by atoms with Gasteiger partial charge in [0.2, 0.25) is 0 Å². The molecule has 4 aromatic rings. The quantitative estimate of drug-likeness (QED) is 0.0810. The zero-order valence-electron chi connectivity index (χ0n) is 38.3. The highest BCUT2D eigenvalue weighted by Gasteiger charge is 2.45. The Labute approximate surface area is 387 Å². The third-order valence-electron chi connectivity index (χ3n) is 11.1. The summed E-state index contributed by atoms with van der Waals surface area (Å²) in [4.78, 5) is 51.6. The van der Waals surface area contributed by atoms with Crippen LogP contribution < -0.4 is 15.0 Å². The first-order chi connectivity index (χ1) is 30.8. The summed E-state index contributed by atoms with van der Waals surface area (Å²) in [6, 6.07) is 5.67. The zero-order valence-corrected chi connectivity index (χ0v) is 39.9. The molecule has 3 fully saturated rings.